The van der Waals surface area contributed by atoms with E-state index in [1.807, 2.05) is 0 Å². The van der Waals surface area contributed by atoms with E-state index >= 15 is 0 Å². The second-order valence-electron chi connectivity index (χ2n) is 7.05. The number of rotatable bonds is 0. The molecule has 0 aromatic carbocycles. The summed E-state index contributed by atoms with van der Waals surface area (Å²) in [6.45, 7) is 4.95. The number of hydrogen-bond acceptors (Lipinski definition) is 0. The normalized spacial score (nSPS) is 59.9. The first-order valence-corrected chi connectivity index (χ1v) is 5.95. The van der Waals surface area contributed by atoms with Crippen LogP contribution in [0.3, 0.4) is 0 Å². The molecule has 76 valence electrons. The van der Waals surface area contributed by atoms with Crippen LogP contribution in [-0.4, -0.2) is 0 Å². The van der Waals surface area contributed by atoms with Crippen LogP contribution in [0.15, 0.2) is 0 Å². The summed E-state index contributed by atoms with van der Waals surface area (Å²) < 4.78 is 0. The third kappa shape index (κ3) is 1.02. The third-order valence-corrected chi connectivity index (χ3v) is 4.93. The lowest BCUT2D eigenvalue weighted by molar-refractivity contribution is -0.120. The molecule has 0 heterocycles. The zero-order valence-corrected chi connectivity index (χ0v) is 9.40. The molecule has 14 heavy (non-hydrogen) atoms. The summed E-state index contributed by atoms with van der Waals surface area (Å²) in [5.74, 6) is 4.10. The van der Waals surface area contributed by atoms with Gasteiger partial charge in [0.2, 0.25) is 0 Å². The predicted molar refractivity (Wildman–Crippen MR) is 58.7 cm³/mol. The Hall–Kier alpha value is -0.440. The fourth-order valence-electron chi connectivity index (χ4n) is 5.61. The highest BCUT2D eigenvalue weighted by atomic mass is 14.6. The molecule has 0 aromatic rings. The van der Waals surface area contributed by atoms with Gasteiger partial charge in [0.15, 0.2) is 0 Å². The Bertz CT molecular complexity index is 301. The van der Waals surface area contributed by atoms with E-state index in [9.17, 15) is 0 Å². The molecule has 4 aliphatic carbocycles. The van der Waals surface area contributed by atoms with E-state index in [1.54, 1.807) is 0 Å². The standard InChI is InChI=1S/C14H20/c1-4-14-7-11-5-12(2,9-14)8-13(3,6-11)10-14/h1,11H,5-10H2,2-3H3. The maximum absolute atomic E-state index is 5.80. The van der Waals surface area contributed by atoms with Crippen LogP contribution < -0.4 is 0 Å². The van der Waals surface area contributed by atoms with Gasteiger partial charge in [0.05, 0.1) is 0 Å². The van der Waals surface area contributed by atoms with Crippen LogP contribution in [0.25, 0.3) is 0 Å². The van der Waals surface area contributed by atoms with Crippen molar-refractivity contribution in [3.05, 3.63) is 0 Å². The van der Waals surface area contributed by atoms with Crippen LogP contribution in [0.5, 0.6) is 0 Å². The average molecular weight is 188 g/mol. The van der Waals surface area contributed by atoms with Crippen molar-refractivity contribution in [2.75, 3.05) is 0 Å². The Balaban J connectivity index is 2.06. The molecule has 2 unspecified atom stereocenters. The molecule has 0 heteroatoms. The van der Waals surface area contributed by atoms with Gasteiger partial charge in [-0.05, 0) is 55.3 Å². The van der Waals surface area contributed by atoms with E-state index in [0.717, 1.165) is 5.92 Å². The molecule has 0 radical (unpaired) electrons. The first-order chi connectivity index (χ1) is 6.47. The molecule has 4 rings (SSSR count). The van der Waals surface area contributed by atoms with Gasteiger partial charge in [0, 0.05) is 5.41 Å². The van der Waals surface area contributed by atoms with Crippen molar-refractivity contribution in [1.82, 2.24) is 0 Å². The van der Waals surface area contributed by atoms with Crippen molar-refractivity contribution in [3.8, 4) is 12.3 Å². The van der Waals surface area contributed by atoms with Crippen LogP contribution in [0.1, 0.15) is 52.4 Å². The van der Waals surface area contributed by atoms with Gasteiger partial charge < -0.3 is 0 Å². The fraction of sp³-hybridized carbons (Fsp3) is 0.857. The molecule has 0 spiro atoms. The van der Waals surface area contributed by atoms with Crippen molar-refractivity contribution < 1.29 is 0 Å². The Kier molecular flexibility index (Phi) is 1.39. The fourth-order valence-corrected chi connectivity index (χ4v) is 5.61. The van der Waals surface area contributed by atoms with Crippen LogP contribution in [0.4, 0.5) is 0 Å². The second kappa shape index (κ2) is 2.21. The van der Waals surface area contributed by atoms with Gasteiger partial charge >= 0.3 is 0 Å². The van der Waals surface area contributed by atoms with Gasteiger partial charge in [-0.1, -0.05) is 19.8 Å². The van der Waals surface area contributed by atoms with E-state index in [-0.39, 0.29) is 0 Å². The summed E-state index contributed by atoms with van der Waals surface area (Å²) in [5, 5.41) is 0. The Morgan fingerprint density at radius 2 is 1.57 bits per heavy atom. The maximum Gasteiger partial charge on any atom is 0.0325 e. The number of terminal acetylenes is 1. The minimum atomic E-state index is 0.295. The zero-order chi connectivity index (χ0) is 10.0. The molecule has 4 fully saturated rings. The van der Waals surface area contributed by atoms with E-state index in [4.69, 9.17) is 6.42 Å². The average Bonchev–Trinajstić information content (AvgIpc) is 1.97. The summed E-state index contributed by atoms with van der Waals surface area (Å²) in [6.07, 6.45) is 14.1. The first-order valence-electron chi connectivity index (χ1n) is 5.95. The largest absolute Gasteiger partial charge is 0.120 e. The molecule has 0 aromatic heterocycles. The molecule has 0 N–H and O–H groups in total. The highest BCUT2D eigenvalue weighted by Crippen LogP contribution is 2.69. The Morgan fingerprint density at radius 3 is 2.00 bits per heavy atom. The summed E-state index contributed by atoms with van der Waals surface area (Å²) in [6, 6.07) is 0. The summed E-state index contributed by atoms with van der Waals surface area (Å²) in [4.78, 5) is 0. The van der Waals surface area contributed by atoms with E-state index in [0.29, 0.717) is 16.2 Å². The minimum absolute atomic E-state index is 0.295. The van der Waals surface area contributed by atoms with Gasteiger partial charge in [-0.25, -0.2) is 0 Å². The predicted octanol–water partition coefficient (Wildman–Crippen LogP) is 3.62. The second-order valence-corrected chi connectivity index (χ2v) is 7.05. The molecule has 0 amide bonds. The zero-order valence-electron chi connectivity index (χ0n) is 9.40. The lowest BCUT2D eigenvalue weighted by Gasteiger charge is -2.64. The van der Waals surface area contributed by atoms with Gasteiger partial charge in [0.1, 0.15) is 0 Å². The summed E-state index contributed by atoms with van der Waals surface area (Å²) in [5.41, 5.74) is 1.46. The minimum Gasteiger partial charge on any atom is -0.120 e. The van der Waals surface area contributed by atoms with Gasteiger partial charge in [-0.15, -0.1) is 6.42 Å². The van der Waals surface area contributed by atoms with Crippen molar-refractivity contribution in [2.24, 2.45) is 22.2 Å². The maximum atomic E-state index is 5.80. The van der Waals surface area contributed by atoms with Crippen LogP contribution in [-0.2, 0) is 0 Å². The number of hydrogen-bond donors (Lipinski definition) is 0. The van der Waals surface area contributed by atoms with E-state index in [2.05, 4.69) is 19.8 Å². The SMILES string of the molecule is C#CC12CC3CC(C)(CC(C)(C3)C1)C2. The monoisotopic (exact) mass is 188 g/mol. The Labute approximate surface area is 87.5 Å². The summed E-state index contributed by atoms with van der Waals surface area (Å²) in [7, 11) is 0. The highest BCUT2D eigenvalue weighted by Gasteiger charge is 2.59. The van der Waals surface area contributed by atoms with Crippen LogP contribution >= 0.6 is 0 Å². The molecule has 4 saturated carbocycles. The lowest BCUT2D eigenvalue weighted by atomic mass is 9.40. The summed E-state index contributed by atoms with van der Waals surface area (Å²) >= 11 is 0. The molecule has 0 saturated heterocycles. The van der Waals surface area contributed by atoms with Crippen molar-refractivity contribution in [2.45, 2.75) is 52.4 Å². The lowest BCUT2D eigenvalue weighted by Crippen LogP contribution is -2.54. The van der Waals surface area contributed by atoms with E-state index < -0.39 is 0 Å². The molecule has 0 nitrogen and oxygen atoms in total. The van der Waals surface area contributed by atoms with Gasteiger partial charge in [-0.3, -0.25) is 0 Å². The van der Waals surface area contributed by atoms with Crippen LogP contribution in [0, 0.1) is 34.5 Å². The molecule has 0 aliphatic heterocycles. The van der Waals surface area contributed by atoms with Crippen molar-refractivity contribution >= 4 is 0 Å². The quantitative estimate of drug-likeness (QED) is 0.509. The van der Waals surface area contributed by atoms with Crippen molar-refractivity contribution in [1.29, 1.82) is 0 Å². The van der Waals surface area contributed by atoms with Crippen molar-refractivity contribution in [3.63, 3.8) is 0 Å². The molecule has 4 bridgehead atoms. The third-order valence-electron chi connectivity index (χ3n) is 4.93. The highest BCUT2D eigenvalue weighted by molar-refractivity contribution is 5.19. The topological polar surface area (TPSA) is 0 Å². The molecular weight excluding hydrogens is 168 g/mol. The van der Waals surface area contributed by atoms with Crippen LogP contribution in [0.2, 0.25) is 0 Å². The molecular formula is C14H20. The Morgan fingerprint density at radius 1 is 1.00 bits per heavy atom. The van der Waals surface area contributed by atoms with Gasteiger partial charge in [-0.2, -0.15) is 0 Å². The first kappa shape index (κ1) is 8.84. The van der Waals surface area contributed by atoms with Gasteiger partial charge in [0.25, 0.3) is 0 Å². The smallest absolute Gasteiger partial charge is 0.0325 e. The molecule has 2 atom stereocenters. The molecule has 4 aliphatic rings. The van der Waals surface area contributed by atoms with E-state index in [1.165, 1.54) is 38.5 Å².